The number of methoxy groups -OCH3 is 1. The zero-order valence-electron chi connectivity index (χ0n) is 16.9. The van der Waals surface area contributed by atoms with Crippen molar-refractivity contribution in [3.63, 3.8) is 0 Å². The van der Waals surface area contributed by atoms with Crippen LogP contribution in [0.3, 0.4) is 0 Å². The number of fused-ring (bicyclic) bond motifs is 1. The van der Waals surface area contributed by atoms with Crippen LogP contribution >= 0.6 is 23.1 Å². The standard InChI is InChI=1S/C20H22N6O3S2/c1-29-12-8-6-11(7-9-12)18-24-25-20(26(18)22)30-10-15(27)23-19-16(17(21)28)13-4-2-3-5-14(13)31-19/h6-9H,2-5,10,22H2,1H3,(H2,21,28)(H,23,27). The average molecular weight is 459 g/mol. The number of benzene rings is 1. The minimum absolute atomic E-state index is 0.0682. The zero-order chi connectivity index (χ0) is 22.0. The molecule has 0 radical (unpaired) electrons. The monoisotopic (exact) mass is 458 g/mol. The van der Waals surface area contributed by atoms with Crippen LogP contribution in [0.1, 0.15) is 33.6 Å². The maximum absolute atomic E-state index is 12.5. The Bertz CT molecular complexity index is 1120. The first-order valence-electron chi connectivity index (χ1n) is 9.69. The van der Waals surface area contributed by atoms with Crippen LogP contribution in [-0.4, -0.2) is 39.6 Å². The number of anilines is 1. The number of hydrogen-bond acceptors (Lipinski definition) is 8. The molecular weight excluding hydrogens is 436 g/mol. The van der Waals surface area contributed by atoms with Gasteiger partial charge in [-0.05, 0) is 55.5 Å². The van der Waals surface area contributed by atoms with E-state index in [1.807, 2.05) is 12.1 Å². The molecule has 0 aliphatic heterocycles. The number of nitrogens with zero attached hydrogens (tertiary/aromatic N) is 3. The van der Waals surface area contributed by atoms with Crippen molar-refractivity contribution < 1.29 is 14.3 Å². The average Bonchev–Trinajstić information content (AvgIpc) is 3.32. The molecule has 162 valence electrons. The summed E-state index contributed by atoms with van der Waals surface area (Å²) in [4.78, 5) is 25.6. The summed E-state index contributed by atoms with van der Waals surface area (Å²) in [7, 11) is 1.60. The molecule has 1 aliphatic carbocycles. The molecule has 0 bridgehead atoms. The van der Waals surface area contributed by atoms with Crippen molar-refractivity contribution in [2.75, 3.05) is 24.0 Å². The number of primary amides is 1. The van der Waals surface area contributed by atoms with E-state index in [9.17, 15) is 9.59 Å². The number of nitrogens with two attached hydrogens (primary N) is 2. The Morgan fingerprint density at radius 1 is 1.23 bits per heavy atom. The van der Waals surface area contributed by atoms with E-state index in [0.29, 0.717) is 21.5 Å². The van der Waals surface area contributed by atoms with Gasteiger partial charge < -0.3 is 21.6 Å². The molecule has 3 aromatic rings. The number of aryl methyl sites for hydroxylation is 1. The lowest BCUT2D eigenvalue weighted by molar-refractivity contribution is -0.113. The lowest BCUT2D eigenvalue weighted by atomic mass is 9.95. The number of carbonyl (C=O) groups excluding carboxylic acids is 2. The fourth-order valence-electron chi connectivity index (χ4n) is 3.52. The van der Waals surface area contributed by atoms with Crippen LogP contribution in [0.4, 0.5) is 5.00 Å². The number of nitrogens with one attached hydrogen (secondary N) is 1. The van der Waals surface area contributed by atoms with Gasteiger partial charge in [0.25, 0.3) is 5.91 Å². The largest absolute Gasteiger partial charge is 0.497 e. The van der Waals surface area contributed by atoms with Crippen molar-refractivity contribution in [1.82, 2.24) is 14.9 Å². The van der Waals surface area contributed by atoms with Crippen LogP contribution in [-0.2, 0) is 17.6 Å². The first kappa shape index (κ1) is 21.2. The minimum Gasteiger partial charge on any atom is -0.497 e. The number of hydrogen-bond donors (Lipinski definition) is 3. The van der Waals surface area contributed by atoms with Crippen molar-refractivity contribution in [3.8, 4) is 17.1 Å². The van der Waals surface area contributed by atoms with E-state index >= 15 is 0 Å². The number of amides is 2. The number of aromatic nitrogens is 3. The maximum atomic E-state index is 12.5. The lowest BCUT2D eigenvalue weighted by Gasteiger charge is -2.11. The highest BCUT2D eigenvalue weighted by atomic mass is 32.2. The van der Waals surface area contributed by atoms with E-state index in [4.69, 9.17) is 16.3 Å². The summed E-state index contributed by atoms with van der Waals surface area (Å²) in [6.45, 7) is 0. The fourth-order valence-corrected chi connectivity index (χ4v) is 5.49. The van der Waals surface area contributed by atoms with Gasteiger partial charge in [0.05, 0.1) is 18.4 Å². The zero-order valence-corrected chi connectivity index (χ0v) is 18.5. The fraction of sp³-hybridized carbons (Fsp3) is 0.300. The third-order valence-electron chi connectivity index (χ3n) is 5.02. The minimum atomic E-state index is -0.506. The van der Waals surface area contributed by atoms with Crippen molar-refractivity contribution in [3.05, 3.63) is 40.3 Å². The Morgan fingerprint density at radius 3 is 2.68 bits per heavy atom. The molecule has 4 rings (SSSR count). The third-order valence-corrected chi connectivity index (χ3v) is 7.17. The molecule has 11 heteroatoms. The highest BCUT2D eigenvalue weighted by Gasteiger charge is 2.25. The van der Waals surface area contributed by atoms with Crippen LogP contribution in [0.25, 0.3) is 11.4 Å². The van der Waals surface area contributed by atoms with Crippen molar-refractivity contribution >= 4 is 39.9 Å². The number of nitrogen functional groups attached to an aromatic ring is 1. The predicted molar refractivity (Wildman–Crippen MR) is 121 cm³/mol. The summed E-state index contributed by atoms with van der Waals surface area (Å²) >= 11 is 2.60. The van der Waals surface area contributed by atoms with Crippen molar-refractivity contribution in [2.24, 2.45) is 5.73 Å². The van der Waals surface area contributed by atoms with Gasteiger partial charge in [-0.25, -0.2) is 4.68 Å². The van der Waals surface area contributed by atoms with Gasteiger partial charge >= 0.3 is 0 Å². The molecule has 1 aromatic carbocycles. The molecule has 2 amide bonds. The topological polar surface area (TPSA) is 138 Å². The summed E-state index contributed by atoms with van der Waals surface area (Å²) in [6.07, 6.45) is 3.84. The number of rotatable bonds is 7. The van der Waals surface area contributed by atoms with E-state index in [1.165, 1.54) is 16.0 Å². The molecular formula is C20H22N6O3S2. The van der Waals surface area contributed by atoms with Gasteiger partial charge in [-0.15, -0.1) is 21.5 Å². The summed E-state index contributed by atoms with van der Waals surface area (Å²) in [5, 5.41) is 12.0. The van der Waals surface area contributed by atoms with E-state index in [-0.39, 0.29) is 11.7 Å². The first-order chi connectivity index (χ1) is 15.0. The molecule has 0 atom stereocenters. The normalized spacial score (nSPS) is 12.9. The molecule has 5 N–H and O–H groups in total. The number of ether oxygens (including phenoxy) is 1. The molecule has 2 aromatic heterocycles. The van der Waals surface area contributed by atoms with Gasteiger partial charge in [0.2, 0.25) is 11.1 Å². The molecule has 0 saturated heterocycles. The third kappa shape index (κ3) is 4.37. The van der Waals surface area contributed by atoms with Gasteiger partial charge in [0.1, 0.15) is 10.8 Å². The molecule has 9 nitrogen and oxygen atoms in total. The summed E-state index contributed by atoms with van der Waals surface area (Å²) in [5.41, 5.74) is 7.80. The number of carbonyl (C=O) groups is 2. The van der Waals surface area contributed by atoms with E-state index in [0.717, 1.165) is 59.2 Å². The molecule has 2 heterocycles. The SMILES string of the molecule is COc1ccc(-c2nnc(SCC(=O)Nc3sc4c(c3C(N)=O)CCCC4)n2N)cc1. The summed E-state index contributed by atoms with van der Waals surface area (Å²) < 4.78 is 6.50. The second-order valence-corrected chi connectivity index (χ2v) is 9.07. The van der Waals surface area contributed by atoms with E-state index in [1.54, 1.807) is 19.2 Å². The van der Waals surface area contributed by atoms with Gasteiger partial charge in [0.15, 0.2) is 5.82 Å². The maximum Gasteiger partial charge on any atom is 0.251 e. The summed E-state index contributed by atoms with van der Waals surface area (Å²) in [5.74, 6) is 6.63. The van der Waals surface area contributed by atoms with E-state index < -0.39 is 5.91 Å². The second-order valence-electron chi connectivity index (χ2n) is 7.02. The Morgan fingerprint density at radius 2 is 1.97 bits per heavy atom. The molecule has 0 saturated carbocycles. The highest BCUT2D eigenvalue weighted by Crippen LogP contribution is 2.38. The van der Waals surface area contributed by atoms with Gasteiger partial charge in [-0.2, -0.15) is 0 Å². The van der Waals surface area contributed by atoms with Crippen LogP contribution in [0, 0.1) is 0 Å². The lowest BCUT2D eigenvalue weighted by Crippen LogP contribution is -2.20. The highest BCUT2D eigenvalue weighted by molar-refractivity contribution is 7.99. The molecule has 0 unspecified atom stereocenters. The molecule has 31 heavy (non-hydrogen) atoms. The van der Waals surface area contributed by atoms with E-state index in [2.05, 4.69) is 15.5 Å². The predicted octanol–water partition coefficient (Wildman–Crippen LogP) is 2.44. The molecule has 0 fully saturated rings. The second kappa shape index (κ2) is 8.98. The van der Waals surface area contributed by atoms with Crippen molar-refractivity contribution in [1.29, 1.82) is 0 Å². The first-order valence-corrected chi connectivity index (χ1v) is 11.5. The van der Waals surface area contributed by atoms with Crippen LogP contribution in [0.5, 0.6) is 5.75 Å². The van der Waals surface area contributed by atoms with Gasteiger partial charge in [-0.3, -0.25) is 9.59 Å². The number of thioether (sulfide) groups is 1. The Hall–Kier alpha value is -3.05. The quantitative estimate of drug-likeness (QED) is 0.365. The van der Waals surface area contributed by atoms with Crippen LogP contribution in [0.15, 0.2) is 29.4 Å². The molecule has 1 aliphatic rings. The Kier molecular flexibility index (Phi) is 6.14. The van der Waals surface area contributed by atoms with Crippen LogP contribution in [0.2, 0.25) is 0 Å². The van der Waals surface area contributed by atoms with Gasteiger partial charge in [0, 0.05) is 10.4 Å². The van der Waals surface area contributed by atoms with Crippen LogP contribution < -0.4 is 21.6 Å². The van der Waals surface area contributed by atoms with Crippen molar-refractivity contribution in [2.45, 2.75) is 30.8 Å². The Labute approximate surface area is 187 Å². The number of thiophene rings is 1. The smallest absolute Gasteiger partial charge is 0.251 e. The molecule has 0 spiro atoms. The summed E-state index contributed by atoms with van der Waals surface area (Å²) in [6, 6.07) is 7.27. The Balaban J connectivity index is 1.43. The van der Waals surface area contributed by atoms with Gasteiger partial charge in [-0.1, -0.05) is 11.8 Å².